The first-order valence-electron chi connectivity index (χ1n) is 8.80. The number of methoxy groups -OCH3 is 1. The molecule has 1 amide bonds. The van der Waals surface area contributed by atoms with Crippen LogP contribution in [0, 0.1) is 0 Å². The van der Waals surface area contributed by atoms with Crippen molar-refractivity contribution in [3.05, 3.63) is 70.5 Å². The van der Waals surface area contributed by atoms with Crippen molar-refractivity contribution in [1.82, 2.24) is 9.97 Å². The standard InChI is InChI=1S/C22H18ClN3O2/c1-14(27)26-13-18-12-24-20(17-5-8-22(28-2)25-11-17)10-15(18)3-4-16-9-19(23)6-7-21(16)26/h3-12H,13H2,1-2H3. The molecule has 1 aromatic carbocycles. The molecule has 3 heterocycles. The molecule has 6 heteroatoms. The molecule has 0 bridgehead atoms. The molecule has 2 aromatic heterocycles. The van der Waals surface area contributed by atoms with Gasteiger partial charge in [-0.05, 0) is 47.0 Å². The van der Waals surface area contributed by atoms with Gasteiger partial charge in [0.15, 0.2) is 0 Å². The van der Waals surface area contributed by atoms with E-state index in [1.165, 1.54) is 0 Å². The number of ether oxygens (including phenoxy) is 1. The van der Waals surface area contributed by atoms with E-state index in [4.69, 9.17) is 16.3 Å². The highest BCUT2D eigenvalue weighted by Gasteiger charge is 2.19. The number of carbonyl (C=O) groups excluding carboxylic acids is 1. The van der Waals surface area contributed by atoms with Crippen LogP contribution in [-0.4, -0.2) is 23.0 Å². The minimum absolute atomic E-state index is 0.0340. The molecule has 4 rings (SSSR count). The van der Waals surface area contributed by atoms with E-state index in [1.807, 2.05) is 42.6 Å². The molecule has 0 saturated heterocycles. The summed E-state index contributed by atoms with van der Waals surface area (Å²) in [6.45, 7) is 2.01. The Kier molecular flexibility index (Phi) is 4.84. The van der Waals surface area contributed by atoms with Crippen molar-refractivity contribution in [2.45, 2.75) is 13.5 Å². The third kappa shape index (κ3) is 3.49. The topological polar surface area (TPSA) is 55.3 Å². The van der Waals surface area contributed by atoms with E-state index in [1.54, 1.807) is 37.3 Å². The van der Waals surface area contributed by atoms with Gasteiger partial charge in [0.2, 0.25) is 11.8 Å². The van der Waals surface area contributed by atoms with Crippen LogP contribution >= 0.6 is 11.6 Å². The van der Waals surface area contributed by atoms with Crippen LogP contribution in [0.1, 0.15) is 23.6 Å². The van der Waals surface area contributed by atoms with Gasteiger partial charge in [-0.3, -0.25) is 9.78 Å². The van der Waals surface area contributed by atoms with E-state index in [9.17, 15) is 4.79 Å². The summed E-state index contributed by atoms with van der Waals surface area (Å²) >= 11 is 6.16. The number of hydrogen-bond acceptors (Lipinski definition) is 4. The zero-order valence-electron chi connectivity index (χ0n) is 15.5. The molecule has 1 aliphatic rings. The molecule has 28 heavy (non-hydrogen) atoms. The van der Waals surface area contributed by atoms with E-state index >= 15 is 0 Å². The van der Waals surface area contributed by atoms with E-state index < -0.39 is 0 Å². The van der Waals surface area contributed by atoms with Gasteiger partial charge in [-0.1, -0.05) is 23.8 Å². The van der Waals surface area contributed by atoms with E-state index in [0.29, 0.717) is 17.4 Å². The van der Waals surface area contributed by atoms with Crippen LogP contribution in [0.2, 0.25) is 5.02 Å². The van der Waals surface area contributed by atoms with Crippen molar-refractivity contribution < 1.29 is 9.53 Å². The van der Waals surface area contributed by atoms with Crippen molar-refractivity contribution in [2.24, 2.45) is 0 Å². The summed E-state index contributed by atoms with van der Waals surface area (Å²) in [5, 5.41) is 0.632. The maximum Gasteiger partial charge on any atom is 0.224 e. The Morgan fingerprint density at radius 1 is 1.07 bits per heavy atom. The lowest BCUT2D eigenvalue weighted by molar-refractivity contribution is -0.116. The highest BCUT2D eigenvalue weighted by molar-refractivity contribution is 6.30. The van der Waals surface area contributed by atoms with Crippen LogP contribution in [0.4, 0.5) is 5.69 Å². The number of benzene rings is 1. The summed E-state index contributed by atoms with van der Waals surface area (Å²) in [6.07, 6.45) is 7.56. The zero-order valence-corrected chi connectivity index (χ0v) is 16.3. The molecular formula is C22H18ClN3O2. The number of aromatic nitrogens is 2. The maximum absolute atomic E-state index is 12.3. The molecule has 5 nitrogen and oxygen atoms in total. The molecule has 0 N–H and O–H groups in total. The Morgan fingerprint density at radius 3 is 2.61 bits per heavy atom. The molecule has 0 unspecified atom stereocenters. The molecule has 0 radical (unpaired) electrons. The van der Waals surface area contributed by atoms with Crippen molar-refractivity contribution in [1.29, 1.82) is 0 Å². The van der Waals surface area contributed by atoms with Gasteiger partial charge in [0, 0.05) is 36.0 Å². The average Bonchev–Trinajstić information content (AvgIpc) is 2.69. The summed E-state index contributed by atoms with van der Waals surface area (Å²) in [5.41, 5.74) is 5.40. The Balaban J connectivity index is 1.79. The molecular weight excluding hydrogens is 374 g/mol. The first-order valence-corrected chi connectivity index (χ1v) is 9.18. The maximum atomic E-state index is 12.3. The molecule has 1 aliphatic heterocycles. The van der Waals surface area contributed by atoms with Gasteiger partial charge in [-0.2, -0.15) is 0 Å². The summed E-state index contributed by atoms with van der Waals surface area (Å²) in [7, 11) is 1.58. The quantitative estimate of drug-likeness (QED) is 0.627. The number of amides is 1. The number of nitrogens with zero attached hydrogens (tertiary/aromatic N) is 3. The first-order chi connectivity index (χ1) is 13.5. The highest BCUT2D eigenvalue weighted by atomic mass is 35.5. The van der Waals surface area contributed by atoms with Crippen molar-refractivity contribution >= 4 is 35.3 Å². The minimum atomic E-state index is -0.0340. The molecule has 0 atom stereocenters. The van der Waals surface area contributed by atoms with Crippen molar-refractivity contribution in [3.8, 4) is 17.1 Å². The largest absolute Gasteiger partial charge is 0.481 e. The van der Waals surface area contributed by atoms with E-state index in [2.05, 4.69) is 9.97 Å². The second-order valence-corrected chi connectivity index (χ2v) is 6.94. The van der Waals surface area contributed by atoms with Gasteiger partial charge in [0.05, 0.1) is 25.0 Å². The third-order valence-corrected chi connectivity index (χ3v) is 4.93. The van der Waals surface area contributed by atoms with Crippen LogP contribution in [-0.2, 0) is 11.3 Å². The van der Waals surface area contributed by atoms with Gasteiger partial charge in [-0.25, -0.2) is 4.98 Å². The normalized spacial score (nSPS) is 12.6. The molecule has 3 aromatic rings. The number of hydrogen-bond donors (Lipinski definition) is 0. The number of halogens is 1. The zero-order chi connectivity index (χ0) is 19.7. The van der Waals surface area contributed by atoms with Crippen LogP contribution in [0.25, 0.3) is 23.4 Å². The molecule has 0 aliphatic carbocycles. The van der Waals surface area contributed by atoms with Gasteiger partial charge in [0.25, 0.3) is 0 Å². The Bertz CT molecular complexity index is 1080. The van der Waals surface area contributed by atoms with Crippen molar-refractivity contribution in [2.75, 3.05) is 12.0 Å². The fourth-order valence-electron chi connectivity index (χ4n) is 3.22. The van der Waals surface area contributed by atoms with Crippen molar-refractivity contribution in [3.63, 3.8) is 0 Å². The monoisotopic (exact) mass is 391 g/mol. The number of carbonyl (C=O) groups is 1. The fraction of sp³-hybridized carbons (Fsp3) is 0.136. The molecule has 0 saturated carbocycles. The predicted molar refractivity (Wildman–Crippen MR) is 111 cm³/mol. The van der Waals surface area contributed by atoms with E-state index in [0.717, 1.165) is 33.6 Å². The third-order valence-electron chi connectivity index (χ3n) is 4.70. The predicted octanol–water partition coefficient (Wildman–Crippen LogP) is 4.84. The number of pyridine rings is 2. The number of rotatable bonds is 2. The second-order valence-electron chi connectivity index (χ2n) is 6.50. The Morgan fingerprint density at radius 2 is 1.89 bits per heavy atom. The van der Waals surface area contributed by atoms with Gasteiger partial charge in [0.1, 0.15) is 0 Å². The van der Waals surface area contributed by atoms with Crippen LogP contribution < -0.4 is 9.64 Å². The van der Waals surface area contributed by atoms with Gasteiger partial charge < -0.3 is 9.64 Å². The minimum Gasteiger partial charge on any atom is -0.481 e. The number of fused-ring (bicyclic) bond motifs is 2. The lowest BCUT2D eigenvalue weighted by atomic mass is 10.0. The van der Waals surface area contributed by atoms with Crippen LogP contribution in [0.5, 0.6) is 5.88 Å². The van der Waals surface area contributed by atoms with Crippen LogP contribution in [0.3, 0.4) is 0 Å². The summed E-state index contributed by atoms with van der Waals surface area (Å²) in [6, 6.07) is 11.3. The smallest absolute Gasteiger partial charge is 0.224 e. The molecule has 0 spiro atoms. The lowest BCUT2D eigenvalue weighted by Crippen LogP contribution is -2.29. The summed E-state index contributed by atoms with van der Waals surface area (Å²) < 4.78 is 5.11. The SMILES string of the molecule is COc1ccc(-c2cc3c(cn2)CN(C(C)=O)c2ccc(Cl)cc2C=C3)cn1. The van der Waals surface area contributed by atoms with Crippen LogP contribution in [0.15, 0.2) is 48.8 Å². The molecule has 140 valence electrons. The van der Waals surface area contributed by atoms with E-state index in [-0.39, 0.29) is 5.91 Å². The summed E-state index contributed by atoms with van der Waals surface area (Å²) in [4.78, 5) is 22.9. The lowest BCUT2D eigenvalue weighted by Gasteiger charge is -2.26. The second kappa shape index (κ2) is 7.44. The average molecular weight is 392 g/mol. The van der Waals surface area contributed by atoms with Gasteiger partial charge >= 0.3 is 0 Å². The molecule has 0 fully saturated rings. The number of anilines is 1. The Hall–Kier alpha value is -3.18. The summed E-state index contributed by atoms with van der Waals surface area (Å²) in [5.74, 6) is 0.522. The highest BCUT2D eigenvalue weighted by Crippen LogP contribution is 2.32. The van der Waals surface area contributed by atoms with Gasteiger partial charge in [-0.15, -0.1) is 0 Å². The Labute approximate surface area is 168 Å². The first kappa shape index (κ1) is 18.2. The fourth-order valence-corrected chi connectivity index (χ4v) is 3.40.